The molecule has 0 saturated heterocycles. The van der Waals surface area contributed by atoms with E-state index in [1.165, 1.54) is 0 Å². The number of nitriles is 1. The van der Waals surface area contributed by atoms with Crippen molar-refractivity contribution in [2.24, 2.45) is 5.84 Å². The van der Waals surface area contributed by atoms with Crippen molar-refractivity contribution in [3.05, 3.63) is 21.6 Å². The SMILES string of the molecule is Cc1nc(NN)[nH]c(=O)c1CCC#N. The highest BCUT2D eigenvalue weighted by Gasteiger charge is 2.06. The lowest BCUT2D eigenvalue weighted by molar-refractivity contribution is 0.914. The number of hydrazine groups is 1. The van der Waals surface area contributed by atoms with Gasteiger partial charge in [0.2, 0.25) is 5.95 Å². The Bertz CT molecular complexity index is 417. The van der Waals surface area contributed by atoms with E-state index in [-0.39, 0.29) is 11.5 Å². The van der Waals surface area contributed by atoms with E-state index in [0.717, 1.165) is 0 Å². The lowest BCUT2D eigenvalue weighted by Crippen LogP contribution is -2.21. The van der Waals surface area contributed by atoms with Crippen LogP contribution in [0, 0.1) is 18.3 Å². The van der Waals surface area contributed by atoms with E-state index in [1.54, 1.807) is 6.92 Å². The van der Waals surface area contributed by atoms with Gasteiger partial charge in [-0.2, -0.15) is 5.26 Å². The number of nitrogen functional groups attached to an aromatic ring is 1. The van der Waals surface area contributed by atoms with Crippen LogP contribution < -0.4 is 16.8 Å². The first kappa shape index (κ1) is 10.2. The fourth-order valence-electron chi connectivity index (χ4n) is 1.15. The second-order valence-electron chi connectivity index (χ2n) is 2.78. The number of anilines is 1. The number of rotatable bonds is 3. The van der Waals surface area contributed by atoms with Crippen LogP contribution in [0.2, 0.25) is 0 Å². The quantitative estimate of drug-likeness (QED) is 0.456. The zero-order valence-corrected chi connectivity index (χ0v) is 7.79. The molecule has 0 aliphatic heterocycles. The summed E-state index contributed by atoms with van der Waals surface area (Å²) in [5.41, 5.74) is 3.14. The summed E-state index contributed by atoms with van der Waals surface area (Å²) in [6, 6.07) is 1.98. The average molecular weight is 193 g/mol. The zero-order chi connectivity index (χ0) is 10.6. The van der Waals surface area contributed by atoms with Gasteiger partial charge in [-0.05, 0) is 13.3 Å². The van der Waals surface area contributed by atoms with Crippen LogP contribution in [-0.4, -0.2) is 9.97 Å². The van der Waals surface area contributed by atoms with E-state index < -0.39 is 0 Å². The van der Waals surface area contributed by atoms with E-state index >= 15 is 0 Å². The van der Waals surface area contributed by atoms with E-state index in [9.17, 15) is 4.79 Å². The maximum absolute atomic E-state index is 11.4. The Kier molecular flexibility index (Phi) is 3.20. The van der Waals surface area contributed by atoms with Crippen molar-refractivity contribution in [2.75, 3.05) is 5.43 Å². The predicted molar refractivity (Wildman–Crippen MR) is 51.3 cm³/mol. The molecule has 1 rings (SSSR count). The van der Waals surface area contributed by atoms with Crippen molar-refractivity contribution >= 4 is 5.95 Å². The van der Waals surface area contributed by atoms with Gasteiger partial charge in [-0.25, -0.2) is 10.8 Å². The van der Waals surface area contributed by atoms with Gasteiger partial charge >= 0.3 is 0 Å². The number of aromatic amines is 1. The number of hydrogen-bond acceptors (Lipinski definition) is 5. The molecule has 6 nitrogen and oxygen atoms in total. The summed E-state index contributed by atoms with van der Waals surface area (Å²) >= 11 is 0. The third kappa shape index (κ3) is 2.08. The zero-order valence-electron chi connectivity index (χ0n) is 7.79. The minimum Gasteiger partial charge on any atom is -0.294 e. The Balaban J connectivity index is 3.07. The minimum atomic E-state index is -0.249. The highest BCUT2D eigenvalue weighted by atomic mass is 16.1. The van der Waals surface area contributed by atoms with Crippen LogP contribution in [0.15, 0.2) is 4.79 Å². The van der Waals surface area contributed by atoms with E-state index in [2.05, 4.69) is 15.4 Å². The maximum Gasteiger partial charge on any atom is 0.255 e. The van der Waals surface area contributed by atoms with Crippen LogP contribution in [-0.2, 0) is 6.42 Å². The third-order valence-electron chi connectivity index (χ3n) is 1.85. The third-order valence-corrected chi connectivity index (χ3v) is 1.85. The predicted octanol–water partition coefficient (Wildman–Crippen LogP) is -0.180. The summed E-state index contributed by atoms with van der Waals surface area (Å²) in [5.74, 6) is 5.33. The van der Waals surface area contributed by atoms with Crippen molar-refractivity contribution in [2.45, 2.75) is 19.8 Å². The van der Waals surface area contributed by atoms with E-state index in [0.29, 0.717) is 24.1 Å². The molecular formula is C8H11N5O. The van der Waals surface area contributed by atoms with Gasteiger partial charge in [0.25, 0.3) is 5.56 Å². The monoisotopic (exact) mass is 193 g/mol. The number of H-pyrrole nitrogens is 1. The van der Waals surface area contributed by atoms with E-state index in [1.807, 2.05) is 6.07 Å². The lowest BCUT2D eigenvalue weighted by atomic mass is 10.1. The normalized spacial score (nSPS) is 9.50. The van der Waals surface area contributed by atoms with Crippen LogP contribution >= 0.6 is 0 Å². The standard InChI is InChI=1S/C8H11N5O/c1-5-6(3-2-4-9)7(14)12-8(11-5)13-10/h2-3,10H2,1H3,(H2,11,12,13,14). The Hall–Kier alpha value is -1.87. The molecule has 0 aromatic carbocycles. The van der Waals surface area contributed by atoms with Crippen LogP contribution in [0.25, 0.3) is 0 Å². The topological polar surface area (TPSA) is 108 Å². The van der Waals surface area contributed by atoms with Crippen LogP contribution in [0.4, 0.5) is 5.95 Å². The van der Waals surface area contributed by atoms with Gasteiger partial charge in [0.1, 0.15) is 0 Å². The van der Waals surface area contributed by atoms with Gasteiger partial charge in [-0.1, -0.05) is 0 Å². The van der Waals surface area contributed by atoms with Crippen molar-refractivity contribution < 1.29 is 0 Å². The summed E-state index contributed by atoms with van der Waals surface area (Å²) < 4.78 is 0. The molecular weight excluding hydrogens is 182 g/mol. The molecule has 1 aromatic rings. The van der Waals surface area contributed by atoms with Crippen LogP contribution in [0.5, 0.6) is 0 Å². The molecule has 1 heterocycles. The molecule has 0 aliphatic rings. The highest BCUT2D eigenvalue weighted by molar-refractivity contribution is 5.27. The van der Waals surface area contributed by atoms with Gasteiger partial charge in [0.05, 0.1) is 11.8 Å². The Labute approximate surface area is 80.7 Å². The van der Waals surface area contributed by atoms with Gasteiger partial charge in [0.15, 0.2) is 0 Å². The molecule has 0 saturated carbocycles. The molecule has 6 heteroatoms. The van der Waals surface area contributed by atoms with Crippen molar-refractivity contribution in [3.8, 4) is 6.07 Å². The molecule has 0 aliphatic carbocycles. The largest absolute Gasteiger partial charge is 0.294 e. The summed E-state index contributed by atoms with van der Waals surface area (Å²) in [4.78, 5) is 17.9. The first-order chi connectivity index (χ1) is 6.69. The molecule has 14 heavy (non-hydrogen) atoms. The Morgan fingerprint density at radius 3 is 2.93 bits per heavy atom. The number of hydrogen-bond donors (Lipinski definition) is 3. The minimum absolute atomic E-state index is 0.230. The highest BCUT2D eigenvalue weighted by Crippen LogP contribution is 2.03. The first-order valence-electron chi connectivity index (χ1n) is 4.12. The number of nitrogens with zero attached hydrogens (tertiary/aromatic N) is 2. The van der Waals surface area contributed by atoms with Gasteiger partial charge in [0, 0.05) is 12.0 Å². The molecule has 0 fully saturated rings. The number of aromatic nitrogens is 2. The number of aryl methyl sites for hydroxylation is 1. The summed E-state index contributed by atoms with van der Waals surface area (Å²) in [6.45, 7) is 1.71. The van der Waals surface area contributed by atoms with Crippen molar-refractivity contribution in [3.63, 3.8) is 0 Å². The van der Waals surface area contributed by atoms with Crippen molar-refractivity contribution in [1.29, 1.82) is 5.26 Å². The van der Waals surface area contributed by atoms with Gasteiger partial charge < -0.3 is 0 Å². The van der Waals surface area contributed by atoms with Gasteiger partial charge in [-0.15, -0.1) is 0 Å². The lowest BCUT2D eigenvalue weighted by Gasteiger charge is -2.04. The second-order valence-corrected chi connectivity index (χ2v) is 2.78. The molecule has 0 spiro atoms. The Morgan fingerprint density at radius 1 is 1.71 bits per heavy atom. The molecule has 0 bridgehead atoms. The maximum atomic E-state index is 11.4. The molecule has 1 aromatic heterocycles. The first-order valence-corrected chi connectivity index (χ1v) is 4.12. The Morgan fingerprint density at radius 2 is 2.43 bits per heavy atom. The van der Waals surface area contributed by atoms with Crippen LogP contribution in [0.1, 0.15) is 17.7 Å². The molecule has 0 radical (unpaired) electrons. The van der Waals surface area contributed by atoms with Gasteiger partial charge in [-0.3, -0.25) is 15.2 Å². The van der Waals surface area contributed by atoms with Crippen molar-refractivity contribution in [1.82, 2.24) is 9.97 Å². The fraction of sp³-hybridized carbons (Fsp3) is 0.375. The molecule has 0 atom stereocenters. The van der Waals surface area contributed by atoms with Crippen LogP contribution in [0.3, 0.4) is 0 Å². The summed E-state index contributed by atoms with van der Waals surface area (Å²) in [7, 11) is 0. The molecule has 74 valence electrons. The molecule has 0 amide bonds. The number of nitrogens with two attached hydrogens (primary N) is 1. The summed E-state index contributed by atoms with van der Waals surface area (Å²) in [5, 5.41) is 8.40. The molecule has 4 N–H and O–H groups in total. The smallest absolute Gasteiger partial charge is 0.255 e. The average Bonchev–Trinajstić information content (AvgIpc) is 2.16. The van der Waals surface area contributed by atoms with E-state index in [4.69, 9.17) is 11.1 Å². The second kappa shape index (κ2) is 4.39. The summed E-state index contributed by atoms with van der Waals surface area (Å²) in [6.07, 6.45) is 0.719. The number of nitrogens with one attached hydrogen (secondary N) is 2. The molecule has 0 unspecified atom stereocenters. The fourth-order valence-corrected chi connectivity index (χ4v) is 1.15.